The second-order valence-corrected chi connectivity index (χ2v) is 9.63. The zero-order valence-electron chi connectivity index (χ0n) is 17.9. The van der Waals surface area contributed by atoms with Crippen molar-refractivity contribution < 1.29 is 22.7 Å². The van der Waals surface area contributed by atoms with Crippen LogP contribution in [0, 0.1) is 0 Å². The smallest absolute Gasteiger partial charge is 0.282 e. The minimum absolute atomic E-state index is 0.180. The van der Waals surface area contributed by atoms with E-state index in [9.17, 15) is 13.2 Å². The molecule has 2 saturated heterocycles. The maximum Gasteiger partial charge on any atom is 0.282 e. The molecule has 0 aliphatic carbocycles. The van der Waals surface area contributed by atoms with Crippen molar-refractivity contribution in [1.82, 2.24) is 8.61 Å². The van der Waals surface area contributed by atoms with E-state index in [-0.39, 0.29) is 44.3 Å². The summed E-state index contributed by atoms with van der Waals surface area (Å²) in [4.78, 5) is 14.8. The molecular formula is C20H32N4O5S. The van der Waals surface area contributed by atoms with Crippen LogP contribution in [-0.2, 0) is 24.5 Å². The van der Waals surface area contributed by atoms with Gasteiger partial charge < -0.3 is 19.7 Å². The lowest BCUT2D eigenvalue weighted by molar-refractivity contribution is -0.116. The van der Waals surface area contributed by atoms with E-state index in [1.807, 2.05) is 38.1 Å². The Kier molecular flexibility index (Phi) is 7.70. The lowest BCUT2D eigenvalue weighted by Gasteiger charge is -2.37. The number of likely N-dealkylation sites (N-methyl/N-ethyl adjacent to an activating group) is 1. The molecule has 2 aliphatic heterocycles. The summed E-state index contributed by atoms with van der Waals surface area (Å²) in [6.45, 7) is 9.08. The fraction of sp³-hybridized carbons (Fsp3) is 0.650. The number of benzene rings is 1. The molecule has 168 valence electrons. The average molecular weight is 441 g/mol. The number of anilines is 2. The molecule has 0 radical (unpaired) electrons. The maximum atomic E-state index is 13.0. The monoisotopic (exact) mass is 440 g/mol. The Labute approximate surface area is 179 Å². The predicted octanol–water partition coefficient (Wildman–Crippen LogP) is 1.14. The topological polar surface area (TPSA) is 91.4 Å². The van der Waals surface area contributed by atoms with Crippen LogP contribution in [0.2, 0.25) is 0 Å². The zero-order chi connectivity index (χ0) is 21.7. The summed E-state index contributed by atoms with van der Waals surface area (Å²) in [5, 5.41) is 2.80. The van der Waals surface area contributed by atoms with Crippen LogP contribution in [-0.4, -0.2) is 87.6 Å². The molecule has 0 unspecified atom stereocenters. The molecule has 10 heteroatoms. The van der Waals surface area contributed by atoms with E-state index < -0.39 is 10.2 Å². The summed E-state index contributed by atoms with van der Waals surface area (Å²) < 4.78 is 39.6. The predicted molar refractivity (Wildman–Crippen MR) is 116 cm³/mol. The Bertz CT molecular complexity index is 801. The first kappa shape index (κ1) is 23.0. The van der Waals surface area contributed by atoms with E-state index in [0.29, 0.717) is 18.9 Å². The van der Waals surface area contributed by atoms with Gasteiger partial charge in [-0.05, 0) is 38.1 Å². The van der Waals surface area contributed by atoms with Crippen LogP contribution in [0.3, 0.4) is 0 Å². The molecule has 2 aliphatic rings. The van der Waals surface area contributed by atoms with Gasteiger partial charge in [0, 0.05) is 44.1 Å². The summed E-state index contributed by atoms with van der Waals surface area (Å²) >= 11 is 0. The molecule has 9 nitrogen and oxygen atoms in total. The number of rotatable bonds is 7. The third-order valence-corrected chi connectivity index (χ3v) is 7.23. The molecule has 2 fully saturated rings. The van der Waals surface area contributed by atoms with Gasteiger partial charge in [0.2, 0.25) is 5.91 Å². The van der Waals surface area contributed by atoms with Gasteiger partial charge in [0.25, 0.3) is 10.2 Å². The van der Waals surface area contributed by atoms with Crippen molar-refractivity contribution in [1.29, 1.82) is 0 Å². The number of amides is 1. The SMILES string of the molecule is CCN(CC(=O)Nc1ccc(N2CCOCC2)cc1)S(=O)(=O)N1C[C@H](C)O[C@@H](C)C1. The van der Waals surface area contributed by atoms with Gasteiger partial charge in [0.05, 0.1) is 32.0 Å². The van der Waals surface area contributed by atoms with Gasteiger partial charge in [-0.2, -0.15) is 17.0 Å². The first-order valence-corrected chi connectivity index (χ1v) is 11.8. The molecule has 2 heterocycles. The molecular weight excluding hydrogens is 408 g/mol. The van der Waals surface area contributed by atoms with Gasteiger partial charge in [-0.3, -0.25) is 4.79 Å². The third-order valence-electron chi connectivity index (χ3n) is 5.24. The molecule has 1 amide bonds. The summed E-state index contributed by atoms with van der Waals surface area (Å²) in [7, 11) is -3.74. The quantitative estimate of drug-likeness (QED) is 0.684. The standard InChI is InChI=1S/C20H32N4O5S/c1-4-23(30(26,27)24-13-16(2)29-17(3)14-24)15-20(25)21-18-5-7-19(8-6-18)22-9-11-28-12-10-22/h5-8,16-17H,4,9-15H2,1-3H3,(H,21,25)/t16-,17-/m0/s1. The normalized spacial score (nSPS) is 23.5. The minimum atomic E-state index is -3.74. The second kappa shape index (κ2) is 10.1. The Morgan fingerprint density at radius 3 is 2.30 bits per heavy atom. The van der Waals surface area contributed by atoms with Gasteiger partial charge in [-0.25, -0.2) is 0 Å². The van der Waals surface area contributed by atoms with Crippen molar-refractivity contribution in [3.05, 3.63) is 24.3 Å². The number of nitrogens with one attached hydrogen (secondary N) is 1. The molecule has 3 rings (SSSR count). The summed E-state index contributed by atoms with van der Waals surface area (Å²) in [5.74, 6) is -0.367. The number of carbonyl (C=O) groups excluding carboxylic acids is 1. The van der Waals surface area contributed by atoms with E-state index in [4.69, 9.17) is 9.47 Å². The van der Waals surface area contributed by atoms with Crippen LogP contribution in [0.1, 0.15) is 20.8 Å². The molecule has 0 spiro atoms. The van der Waals surface area contributed by atoms with E-state index >= 15 is 0 Å². The van der Waals surface area contributed by atoms with Crippen LogP contribution >= 0.6 is 0 Å². The zero-order valence-corrected chi connectivity index (χ0v) is 18.7. The van der Waals surface area contributed by atoms with Crippen molar-refractivity contribution in [3.8, 4) is 0 Å². The van der Waals surface area contributed by atoms with Crippen LogP contribution in [0.5, 0.6) is 0 Å². The highest BCUT2D eigenvalue weighted by molar-refractivity contribution is 7.86. The molecule has 0 bridgehead atoms. The van der Waals surface area contributed by atoms with Gasteiger partial charge in [-0.15, -0.1) is 0 Å². The lowest BCUT2D eigenvalue weighted by Crippen LogP contribution is -2.54. The number of hydrogen-bond donors (Lipinski definition) is 1. The van der Waals surface area contributed by atoms with Crippen LogP contribution in [0.25, 0.3) is 0 Å². The Morgan fingerprint density at radius 2 is 1.73 bits per heavy atom. The first-order valence-electron chi connectivity index (χ1n) is 10.4. The van der Waals surface area contributed by atoms with Crippen molar-refractivity contribution in [2.24, 2.45) is 0 Å². The van der Waals surface area contributed by atoms with Gasteiger partial charge in [0.1, 0.15) is 0 Å². The molecule has 0 aromatic heterocycles. The van der Waals surface area contributed by atoms with Crippen molar-refractivity contribution in [2.75, 3.05) is 62.7 Å². The van der Waals surface area contributed by atoms with Crippen molar-refractivity contribution in [3.63, 3.8) is 0 Å². The Hall–Kier alpha value is -1.72. The minimum Gasteiger partial charge on any atom is -0.378 e. The maximum absolute atomic E-state index is 13.0. The second-order valence-electron chi connectivity index (χ2n) is 7.70. The van der Waals surface area contributed by atoms with E-state index in [2.05, 4.69) is 10.2 Å². The van der Waals surface area contributed by atoms with Gasteiger partial charge in [-0.1, -0.05) is 6.92 Å². The molecule has 1 aromatic rings. The highest BCUT2D eigenvalue weighted by Gasteiger charge is 2.35. The Balaban J connectivity index is 1.59. The summed E-state index contributed by atoms with van der Waals surface area (Å²) in [6, 6.07) is 7.56. The first-order chi connectivity index (χ1) is 14.3. The largest absolute Gasteiger partial charge is 0.378 e. The molecule has 0 saturated carbocycles. The van der Waals surface area contributed by atoms with Crippen LogP contribution < -0.4 is 10.2 Å². The average Bonchev–Trinajstić information content (AvgIpc) is 2.72. The highest BCUT2D eigenvalue weighted by atomic mass is 32.2. The molecule has 2 atom stereocenters. The molecule has 1 N–H and O–H groups in total. The summed E-state index contributed by atoms with van der Waals surface area (Å²) in [6.07, 6.45) is -0.359. The van der Waals surface area contributed by atoms with Crippen LogP contribution in [0.4, 0.5) is 11.4 Å². The Morgan fingerprint density at radius 1 is 1.13 bits per heavy atom. The molecule has 30 heavy (non-hydrogen) atoms. The number of hydrogen-bond acceptors (Lipinski definition) is 6. The summed E-state index contributed by atoms with van der Waals surface area (Å²) in [5.41, 5.74) is 1.71. The fourth-order valence-corrected chi connectivity index (χ4v) is 5.51. The van der Waals surface area contributed by atoms with Crippen molar-refractivity contribution in [2.45, 2.75) is 33.0 Å². The highest BCUT2D eigenvalue weighted by Crippen LogP contribution is 2.20. The number of nitrogens with zero attached hydrogens (tertiary/aromatic N) is 3. The van der Waals surface area contributed by atoms with Gasteiger partial charge in [0.15, 0.2) is 0 Å². The van der Waals surface area contributed by atoms with Gasteiger partial charge >= 0.3 is 0 Å². The van der Waals surface area contributed by atoms with E-state index in [1.54, 1.807) is 6.92 Å². The number of morpholine rings is 2. The fourth-order valence-electron chi connectivity index (χ4n) is 3.78. The lowest BCUT2D eigenvalue weighted by atomic mass is 10.2. The van der Waals surface area contributed by atoms with E-state index in [0.717, 1.165) is 18.8 Å². The third kappa shape index (κ3) is 5.70. The van der Waals surface area contributed by atoms with Crippen LogP contribution in [0.15, 0.2) is 24.3 Å². The van der Waals surface area contributed by atoms with Crippen molar-refractivity contribution >= 4 is 27.5 Å². The van der Waals surface area contributed by atoms with E-state index in [1.165, 1.54) is 8.61 Å². The molecule has 1 aromatic carbocycles. The number of ether oxygens (including phenoxy) is 2. The number of carbonyl (C=O) groups is 1.